The van der Waals surface area contributed by atoms with Crippen molar-refractivity contribution in [3.05, 3.63) is 78.4 Å². The number of esters is 1. The molecular formula is C29H34N4O4. The zero-order valence-corrected chi connectivity index (χ0v) is 22.0. The van der Waals surface area contributed by atoms with Crippen molar-refractivity contribution in [2.45, 2.75) is 27.2 Å². The fraction of sp³-hybridized carbons (Fsp3) is 0.310. The van der Waals surface area contributed by atoms with Gasteiger partial charge in [0.05, 0.1) is 16.8 Å². The van der Waals surface area contributed by atoms with Crippen LogP contribution < -0.4 is 15.0 Å². The van der Waals surface area contributed by atoms with E-state index >= 15 is 0 Å². The van der Waals surface area contributed by atoms with Gasteiger partial charge in [0.15, 0.2) is 0 Å². The Morgan fingerprint density at radius 2 is 1.41 bits per heavy atom. The van der Waals surface area contributed by atoms with E-state index in [1.807, 2.05) is 64.0 Å². The summed E-state index contributed by atoms with van der Waals surface area (Å²) in [6.07, 6.45) is 0.706. The molecule has 0 aliphatic heterocycles. The molecule has 3 aromatic rings. The number of nitrogens with zero attached hydrogens (tertiary/aromatic N) is 3. The smallest absolute Gasteiger partial charge is 0.311 e. The number of carbonyl (C=O) groups excluding carboxylic acids is 2. The van der Waals surface area contributed by atoms with Crippen molar-refractivity contribution in [2.75, 3.05) is 37.5 Å². The van der Waals surface area contributed by atoms with Gasteiger partial charge in [-0.15, -0.1) is 0 Å². The lowest BCUT2D eigenvalue weighted by Crippen LogP contribution is -2.27. The SMILES string of the molecule is CCC(C)(C)C(=O)OCCOc1ccc(C(=O)Nc2ccc(/N=N/c3ccc(N(C)C)cc3)cc2)cc1. The summed E-state index contributed by atoms with van der Waals surface area (Å²) in [5, 5.41) is 11.4. The molecule has 0 unspecified atom stereocenters. The maximum atomic E-state index is 12.6. The maximum absolute atomic E-state index is 12.6. The monoisotopic (exact) mass is 502 g/mol. The summed E-state index contributed by atoms with van der Waals surface area (Å²) < 4.78 is 10.9. The molecule has 0 bridgehead atoms. The highest BCUT2D eigenvalue weighted by atomic mass is 16.6. The first-order chi connectivity index (χ1) is 17.7. The molecule has 0 radical (unpaired) electrons. The van der Waals surface area contributed by atoms with E-state index in [1.165, 1.54) is 0 Å². The summed E-state index contributed by atoms with van der Waals surface area (Å²) in [6, 6.07) is 21.7. The topological polar surface area (TPSA) is 92.6 Å². The first kappa shape index (κ1) is 27.4. The van der Waals surface area contributed by atoms with E-state index in [4.69, 9.17) is 9.47 Å². The Labute approximate surface area is 218 Å². The second kappa shape index (κ2) is 12.7. The quantitative estimate of drug-likeness (QED) is 0.177. The van der Waals surface area contributed by atoms with Gasteiger partial charge in [0.25, 0.3) is 5.91 Å². The van der Waals surface area contributed by atoms with Crippen molar-refractivity contribution in [3.8, 4) is 5.75 Å². The van der Waals surface area contributed by atoms with Gasteiger partial charge in [-0.05, 0) is 93.1 Å². The number of nitrogens with one attached hydrogen (secondary N) is 1. The lowest BCUT2D eigenvalue weighted by Gasteiger charge is -2.20. The van der Waals surface area contributed by atoms with E-state index in [2.05, 4.69) is 15.5 Å². The van der Waals surface area contributed by atoms with Crippen LogP contribution >= 0.6 is 0 Å². The zero-order valence-electron chi connectivity index (χ0n) is 22.0. The van der Waals surface area contributed by atoms with E-state index < -0.39 is 5.41 Å². The number of ether oxygens (including phenoxy) is 2. The maximum Gasteiger partial charge on any atom is 0.311 e. The Hall–Kier alpha value is -4.20. The van der Waals surface area contributed by atoms with Gasteiger partial charge in [0.1, 0.15) is 19.0 Å². The van der Waals surface area contributed by atoms with Gasteiger partial charge in [0.2, 0.25) is 0 Å². The molecule has 0 fully saturated rings. The van der Waals surface area contributed by atoms with E-state index in [-0.39, 0.29) is 25.1 Å². The molecular weight excluding hydrogens is 468 g/mol. The van der Waals surface area contributed by atoms with Crippen LogP contribution in [0.5, 0.6) is 5.75 Å². The highest BCUT2D eigenvalue weighted by Gasteiger charge is 2.26. The number of anilines is 2. The molecule has 194 valence electrons. The van der Waals surface area contributed by atoms with Crippen LogP contribution in [-0.4, -0.2) is 39.2 Å². The predicted molar refractivity (Wildman–Crippen MR) is 146 cm³/mol. The number of benzene rings is 3. The van der Waals surface area contributed by atoms with Crippen LogP contribution in [-0.2, 0) is 9.53 Å². The summed E-state index contributed by atoms with van der Waals surface area (Å²) in [6.45, 7) is 6.06. The van der Waals surface area contributed by atoms with Crippen LogP contribution in [0.25, 0.3) is 0 Å². The first-order valence-corrected chi connectivity index (χ1v) is 12.2. The standard InChI is InChI=1S/C29H34N4O4/c1-6-29(2,3)28(35)37-20-19-36-26-17-7-21(8-18-26)27(34)30-22-9-11-23(12-10-22)31-32-24-13-15-25(16-14-24)33(4)5/h7-18H,6,19-20H2,1-5H3,(H,30,34)/b32-31+. The van der Waals surface area contributed by atoms with E-state index in [0.29, 0.717) is 29.1 Å². The molecule has 3 rings (SSSR count). The molecule has 0 aliphatic rings. The van der Waals surface area contributed by atoms with E-state index in [9.17, 15) is 9.59 Å². The van der Waals surface area contributed by atoms with Crippen LogP contribution in [0.4, 0.5) is 22.7 Å². The highest BCUT2D eigenvalue weighted by molar-refractivity contribution is 6.04. The summed E-state index contributed by atoms with van der Waals surface area (Å²) in [5.41, 5.74) is 3.18. The average molecular weight is 503 g/mol. The fourth-order valence-corrected chi connectivity index (χ4v) is 3.08. The number of amides is 1. The summed E-state index contributed by atoms with van der Waals surface area (Å²) in [4.78, 5) is 26.6. The van der Waals surface area contributed by atoms with Gasteiger partial charge < -0.3 is 19.7 Å². The lowest BCUT2D eigenvalue weighted by atomic mass is 9.91. The molecule has 3 aromatic carbocycles. The lowest BCUT2D eigenvalue weighted by molar-refractivity contribution is -0.154. The highest BCUT2D eigenvalue weighted by Crippen LogP contribution is 2.23. The van der Waals surface area contributed by atoms with Crippen molar-refractivity contribution in [3.63, 3.8) is 0 Å². The minimum Gasteiger partial charge on any atom is -0.490 e. The molecule has 0 heterocycles. The largest absolute Gasteiger partial charge is 0.490 e. The third-order valence-electron chi connectivity index (χ3n) is 5.91. The summed E-state index contributed by atoms with van der Waals surface area (Å²) >= 11 is 0. The molecule has 1 N–H and O–H groups in total. The summed E-state index contributed by atoms with van der Waals surface area (Å²) in [7, 11) is 3.97. The van der Waals surface area contributed by atoms with Crippen LogP contribution in [0.1, 0.15) is 37.6 Å². The molecule has 8 heteroatoms. The number of hydrogen-bond donors (Lipinski definition) is 1. The van der Waals surface area contributed by atoms with Crippen molar-refractivity contribution < 1.29 is 19.1 Å². The molecule has 0 aromatic heterocycles. The molecule has 37 heavy (non-hydrogen) atoms. The minimum atomic E-state index is -0.502. The number of rotatable bonds is 11. The van der Waals surface area contributed by atoms with Gasteiger partial charge in [-0.3, -0.25) is 9.59 Å². The molecule has 0 aliphatic carbocycles. The Bertz CT molecular complexity index is 1200. The van der Waals surface area contributed by atoms with Crippen LogP contribution in [0.3, 0.4) is 0 Å². The Kier molecular flexibility index (Phi) is 9.38. The Morgan fingerprint density at radius 1 is 0.838 bits per heavy atom. The second-order valence-corrected chi connectivity index (χ2v) is 9.36. The van der Waals surface area contributed by atoms with Gasteiger partial charge in [-0.2, -0.15) is 10.2 Å². The van der Waals surface area contributed by atoms with Crippen molar-refractivity contribution >= 4 is 34.6 Å². The van der Waals surface area contributed by atoms with Crippen LogP contribution in [0.15, 0.2) is 83.0 Å². The molecule has 0 spiro atoms. The predicted octanol–water partition coefficient (Wildman–Crippen LogP) is 6.78. The third kappa shape index (κ3) is 8.17. The summed E-state index contributed by atoms with van der Waals surface area (Å²) in [5.74, 6) is 0.114. The van der Waals surface area contributed by atoms with Crippen molar-refractivity contribution in [2.24, 2.45) is 15.6 Å². The van der Waals surface area contributed by atoms with E-state index in [1.54, 1.807) is 48.5 Å². The molecule has 8 nitrogen and oxygen atoms in total. The third-order valence-corrected chi connectivity index (χ3v) is 5.91. The van der Waals surface area contributed by atoms with Crippen molar-refractivity contribution in [1.82, 2.24) is 0 Å². The Balaban J connectivity index is 1.47. The fourth-order valence-electron chi connectivity index (χ4n) is 3.08. The molecule has 0 saturated heterocycles. The van der Waals surface area contributed by atoms with Gasteiger partial charge in [-0.25, -0.2) is 0 Å². The number of azo groups is 1. The van der Waals surface area contributed by atoms with Crippen molar-refractivity contribution in [1.29, 1.82) is 0 Å². The number of carbonyl (C=O) groups is 2. The average Bonchev–Trinajstić information content (AvgIpc) is 2.91. The second-order valence-electron chi connectivity index (χ2n) is 9.36. The van der Waals surface area contributed by atoms with Crippen LogP contribution in [0.2, 0.25) is 0 Å². The number of hydrogen-bond acceptors (Lipinski definition) is 7. The van der Waals surface area contributed by atoms with Gasteiger partial charge >= 0.3 is 5.97 Å². The Morgan fingerprint density at radius 3 is 1.95 bits per heavy atom. The molecule has 0 atom stereocenters. The normalized spacial score (nSPS) is 11.3. The van der Waals surface area contributed by atoms with Gasteiger partial charge in [-0.1, -0.05) is 6.92 Å². The first-order valence-electron chi connectivity index (χ1n) is 12.2. The van der Waals surface area contributed by atoms with E-state index in [0.717, 1.165) is 11.4 Å². The zero-order chi connectivity index (χ0) is 26.8. The minimum absolute atomic E-state index is 0.169. The molecule has 0 saturated carbocycles. The van der Waals surface area contributed by atoms with Gasteiger partial charge in [0, 0.05) is 31.0 Å². The van der Waals surface area contributed by atoms with Crippen LogP contribution in [0, 0.1) is 5.41 Å². The molecule has 1 amide bonds.